The van der Waals surface area contributed by atoms with Gasteiger partial charge in [-0.2, -0.15) is 10.2 Å². The van der Waals surface area contributed by atoms with E-state index in [4.69, 9.17) is 10.5 Å². The van der Waals surface area contributed by atoms with Crippen LogP contribution in [0.4, 0.5) is 0 Å². The second-order valence-electron chi connectivity index (χ2n) is 8.95. The summed E-state index contributed by atoms with van der Waals surface area (Å²) in [7, 11) is 1.64. The first-order valence-corrected chi connectivity index (χ1v) is 11.8. The first kappa shape index (κ1) is 23.9. The van der Waals surface area contributed by atoms with Crippen molar-refractivity contribution in [2.45, 2.75) is 38.9 Å². The van der Waals surface area contributed by atoms with Crippen LogP contribution >= 0.6 is 0 Å². The van der Waals surface area contributed by atoms with Gasteiger partial charge in [0.05, 0.1) is 20.2 Å². The number of amides is 1. The number of nitrogens with one attached hydrogen (secondary N) is 2. The Morgan fingerprint density at radius 2 is 2.09 bits per heavy atom. The summed E-state index contributed by atoms with van der Waals surface area (Å²) in [6, 6.07) is 14.3. The molecular weight excluding hydrogens is 428 g/mol. The van der Waals surface area contributed by atoms with E-state index in [0.29, 0.717) is 31.9 Å². The number of aromatic nitrogens is 1. The van der Waals surface area contributed by atoms with Crippen LogP contribution in [0.2, 0.25) is 0 Å². The Kier molecular flexibility index (Phi) is 7.59. The van der Waals surface area contributed by atoms with E-state index >= 15 is 0 Å². The van der Waals surface area contributed by atoms with E-state index in [2.05, 4.69) is 50.6 Å². The van der Waals surface area contributed by atoms with Gasteiger partial charge < -0.3 is 20.8 Å². The maximum absolute atomic E-state index is 13.3. The Labute approximate surface area is 200 Å². The minimum atomic E-state index is -0.120. The molecule has 8 heteroatoms. The molecule has 1 aliphatic rings. The Morgan fingerprint density at radius 3 is 2.82 bits per heavy atom. The average molecular weight is 463 g/mol. The molecule has 1 aromatic heterocycles. The van der Waals surface area contributed by atoms with Gasteiger partial charge in [-0.05, 0) is 36.2 Å². The lowest BCUT2D eigenvalue weighted by Gasteiger charge is -2.36. The van der Waals surface area contributed by atoms with Crippen LogP contribution < -0.4 is 15.8 Å². The number of nitrogens with zero attached hydrogens (tertiary/aromatic N) is 3. The van der Waals surface area contributed by atoms with Crippen LogP contribution in [0.15, 0.2) is 52.7 Å². The predicted octanol–water partition coefficient (Wildman–Crippen LogP) is 3.83. The summed E-state index contributed by atoms with van der Waals surface area (Å²) >= 11 is 0. The molecule has 8 nitrogen and oxygen atoms in total. The smallest absolute Gasteiger partial charge is 0.268 e. The van der Waals surface area contributed by atoms with Crippen molar-refractivity contribution in [3.63, 3.8) is 0 Å². The molecule has 0 spiro atoms. The van der Waals surface area contributed by atoms with Crippen molar-refractivity contribution in [3.8, 4) is 5.75 Å². The van der Waals surface area contributed by atoms with Crippen molar-refractivity contribution in [2.24, 2.45) is 16.0 Å². The van der Waals surface area contributed by atoms with E-state index in [1.54, 1.807) is 7.11 Å². The number of benzene rings is 2. The molecular formula is C26H34N6O2. The van der Waals surface area contributed by atoms with Gasteiger partial charge in [0.2, 0.25) is 0 Å². The van der Waals surface area contributed by atoms with Crippen molar-refractivity contribution in [1.29, 1.82) is 0 Å². The van der Waals surface area contributed by atoms with Crippen LogP contribution in [-0.4, -0.2) is 55.1 Å². The van der Waals surface area contributed by atoms with Crippen LogP contribution in [0.5, 0.6) is 5.75 Å². The van der Waals surface area contributed by atoms with Crippen molar-refractivity contribution < 1.29 is 9.53 Å². The molecule has 180 valence electrons. The van der Waals surface area contributed by atoms with Crippen LogP contribution in [-0.2, 0) is 13.1 Å². The number of hydrogen-bond acceptors (Lipinski definition) is 6. The lowest BCUT2D eigenvalue weighted by Crippen LogP contribution is -2.55. The number of likely N-dealkylation sites (tertiary alicyclic amines) is 1. The number of rotatable bonds is 10. The molecule has 4 rings (SSSR count). The van der Waals surface area contributed by atoms with Gasteiger partial charge in [-0.3, -0.25) is 9.69 Å². The summed E-state index contributed by atoms with van der Waals surface area (Å²) in [5, 5.41) is 12.5. The van der Waals surface area contributed by atoms with E-state index < -0.39 is 0 Å². The highest BCUT2D eigenvalue weighted by Gasteiger charge is 2.27. The zero-order chi connectivity index (χ0) is 24.1. The van der Waals surface area contributed by atoms with Crippen molar-refractivity contribution >= 4 is 16.8 Å². The summed E-state index contributed by atoms with van der Waals surface area (Å²) in [5.74, 6) is 0.891. The number of H-pyrrole nitrogens is 1. The number of fused-ring (bicyclic) bond motifs is 1. The lowest BCUT2D eigenvalue weighted by atomic mass is 9.98. The summed E-state index contributed by atoms with van der Waals surface area (Å²) in [6.45, 7) is 8.26. The van der Waals surface area contributed by atoms with Gasteiger partial charge in [0.15, 0.2) is 0 Å². The number of methoxy groups -OCH3 is 1. The number of aromatic amines is 1. The molecule has 0 bridgehead atoms. The third-order valence-electron chi connectivity index (χ3n) is 6.28. The highest BCUT2D eigenvalue weighted by Crippen LogP contribution is 2.29. The van der Waals surface area contributed by atoms with Gasteiger partial charge >= 0.3 is 0 Å². The molecule has 34 heavy (non-hydrogen) atoms. The first-order chi connectivity index (χ1) is 16.5. The van der Waals surface area contributed by atoms with E-state index in [9.17, 15) is 4.79 Å². The third kappa shape index (κ3) is 5.46. The highest BCUT2D eigenvalue weighted by molar-refractivity contribution is 6.01. The standard InChI is InChI=1S/C26H34N6O2/c1-4-29-30-12-17(2)19-8-9-22-23(16-32-14-20(27)15-32)25(31-24(22)11-19)26(33)28-13-18-6-5-7-21(10-18)34-3/h5-11,17,20,31H,4,12-16,27H2,1-3H3,(H,28,33). The zero-order valence-corrected chi connectivity index (χ0v) is 20.2. The molecule has 0 radical (unpaired) electrons. The van der Waals surface area contributed by atoms with Gasteiger partial charge in [-0.1, -0.05) is 31.2 Å². The van der Waals surface area contributed by atoms with Crippen LogP contribution in [0.3, 0.4) is 0 Å². The van der Waals surface area contributed by atoms with E-state index in [0.717, 1.165) is 40.9 Å². The molecule has 2 heterocycles. The van der Waals surface area contributed by atoms with Crippen LogP contribution in [0, 0.1) is 0 Å². The van der Waals surface area contributed by atoms with Gasteiger partial charge in [0, 0.05) is 54.6 Å². The SMILES string of the molecule is CCN=NCC(C)c1ccc2c(CN3CC(N)C3)c(C(=O)NCc3cccc(OC)c3)[nH]c2c1. The number of ether oxygens (including phenoxy) is 1. The number of carbonyl (C=O) groups is 1. The zero-order valence-electron chi connectivity index (χ0n) is 20.2. The Bertz CT molecular complexity index is 1170. The van der Waals surface area contributed by atoms with Crippen molar-refractivity contribution in [3.05, 3.63) is 64.8 Å². The second-order valence-corrected chi connectivity index (χ2v) is 8.95. The monoisotopic (exact) mass is 462 g/mol. The van der Waals surface area contributed by atoms with Crippen LogP contribution in [0.25, 0.3) is 10.9 Å². The highest BCUT2D eigenvalue weighted by atomic mass is 16.5. The molecule has 2 aromatic carbocycles. The minimum absolute atomic E-state index is 0.120. The quantitative estimate of drug-likeness (QED) is 0.398. The van der Waals surface area contributed by atoms with Gasteiger partial charge in [-0.15, -0.1) is 0 Å². The average Bonchev–Trinajstić information content (AvgIpc) is 3.19. The Hall–Kier alpha value is -3.23. The molecule has 3 aromatic rings. The molecule has 1 aliphatic heterocycles. The number of azo groups is 1. The molecule has 1 amide bonds. The Balaban J connectivity index is 1.58. The van der Waals surface area contributed by atoms with Gasteiger partial charge in [-0.25, -0.2) is 0 Å². The molecule has 1 atom stereocenters. The third-order valence-corrected chi connectivity index (χ3v) is 6.28. The minimum Gasteiger partial charge on any atom is -0.497 e. The second kappa shape index (κ2) is 10.8. The van der Waals surface area contributed by atoms with E-state index in [-0.39, 0.29) is 17.9 Å². The van der Waals surface area contributed by atoms with Gasteiger partial charge in [0.1, 0.15) is 11.4 Å². The van der Waals surface area contributed by atoms with Crippen molar-refractivity contribution in [1.82, 2.24) is 15.2 Å². The maximum atomic E-state index is 13.3. The number of nitrogens with two attached hydrogens (primary N) is 1. The molecule has 1 unspecified atom stereocenters. The normalized spacial score (nSPS) is 15.5. The molecule has 1 saturated heterocycles. The predicted molar refractivity (Wildman–Crippen MR) is 134 cm³/mol. The summed E-state index contributed by atoms with van der Waals surface area (Å²) in [5.41, 5.74) is 10.7. The van der Waals surface area contributed by atoms with Crippen molar-refractivity contribution in [2.75, 3.05) is 33.3 Å². The first-order valence-electron chi connectivity index (χ1n) is 11.8. The summed E-state index contributed by atoms with van der Waals surface area (Å²) < 4.78 is 5.29. The van der Waals surface area contributed by atoms with E-state index in [1.807, 2.05) is 31.2 Å². The fourth-order valence-corrected chi connectivity index (χ4v) is 4.34. The van der Waals surface area contributed by atoms with Gasteiger partial charge in [0.25, 0.3) is 5.91 Å². The van der Waals surface area contributed by atoms with Crippen LogP contribution in [0.1, 0.15) is 46.9 Å². The molecule has 0 saturated carbocycles. The maximum Gasteiger partial charge on any atom is 0.268 e. The Morgan fingerprint density at radius 1 is 1.26 bits per heavy atom. The molecule has 1 fully saturated rings. The lowest BCUT2D eigenvalue weighted by molar-refractivity contribution is 0.0941. The molecule has 4 N–H and O–H groups in total. The fraction of sp³-hybridized carbons (Fsp3) is 0.423. The number of carbonyl (C=O) groups excluding carboxylic acids is 1. The van der Waals surface area contributed by atoms with E-state index in [1.165, 1.54) is 5.56 Å². The summed E-state index contributed by atoms with van der Waals surface area (Å²) in [4.78, 5) is 18.9. The topological polar surface area (TPSA) is 108 Å². The largest absolute Gasteiger partial charge is 0.497 e. The fourth-order valence-electron chi connectivity index (χ4n) is 4.34. The molecule has 0 aliphatic carbocycles. The number of hydrogen-bond donors (Lipinski definition) is 3. The summed E-state index contributed by atoms with van der Waals surface area (Å²) in [6.07, 6.45) is 0.